The lowest BCUT2D eigenvalue weighted by atomic mass is 9.79. The smallest absolute Gasteiger partial charge is 0.0966 e. The maximum Gasteiger partial charge on any atom is 0.0966 e. The van der Waals surface area contributed by atoms with Gasteiger partial charge in [0.15, 0.2) is 0 Å². The Balaban J connectivity index is 2.32. The molecule has 0 aromatic rings. The van der Waals surface area contributed by atoms with Crippen molar-refractivity contribution in [3.05, 3.63) is 23.8 Å². The summed E-state index contributed by atoms with van der Waals surface area (Å²) in [6, 6.07) is 0. The molecule has 0 aliphatic heterocycles. The van der Waals surface area contributed by atoms with Crippen molar-refractivity contribution < 1.29 is 5.21 Å². The average molecular weight is 242 g/mol. The molecule has 0 bridgehead atoms. The molecule has 0 heterocycles. The first-order valence-electron chi connectivity index (χ1n) is 4.56. The first kappa shape index (κ1) is 9.00. The third kappa shape index (κ3) is 1.57. The van der Waals surface area contributed by atoms with Gasteiger partial charge in [0.1, 0.15) is 0 Å². The van der Waals surface area contributed by atoms with Crippen molar-refractivity contribution in [1.29, 1.82) is 0 Å². The Morgan fingerprint density at radius 3 is 3.08 bits per heavy atom. The van der Waals surface area contributed by atoms with Gasteiger partial charge in [-0.3, -0.25) is 0 Å². The van der Waals surface area contributed by atoms with Crippen LogP contribution in [-0.4, -0.2) is 15.7 Å². The van der Waals surface area contributed by atoms with Crippen molar-refractivity contribution in [1.82, 2.24) is 0 Å². The Hall–Kier alpha value is -0.570. The quantitative estimate of drug-likeness (QED) is 0.395. The third-order valence-corrected chi connectivity index (χ3v) is 3.63. The van der Waals surface area contributed by atoms with E-state index in [2.05, 4.69) is 33.2 Å². The van der Waals surface area contributed by atoms with Crippen LogP contribution < -0.4 is 0 Å². The molecule has 1 N–H and O–H groups in total. The van der Waals surface area contributed by atoms with Crippen LogP contribution in [0.4, 0.5) is 0 Å². The Morgan fingerprint density at radius 2 is 2.31 bits per heavy atom. The molecule has 2 aliphatic carbocycles. The van der Waals surface area contributed by atoms with Gasteiger partial charge in [-0.2, -0.15) is 0 Å². The predicted molar refractivity (Wildman–Crippen MR) is 56.5 cm³/mol. The van der Waals surface area contributed by atoms with Gasteiger partial charge >= 0.3 is 0 Å². The zero-order valence-corrected chi connectivity index (χ0v) is 8.87. The molecule has 2 rings (SSSR count). The fourth-order valence-electron chi connectivity index (χ4n) is 2.03. The largest absolute Gasteiger partial charge is 0.411 e. The van der Waals surface area contributed by atoms with Gasteiger partial charge in [0.25, 0.3) is 0 Å². The van der Waals surface area contributed by atoms with Crippen LogP contribution in [0.5, 0.6) is 0 Å². The summed E-state index contributed by atoms with van der Waals surface area (Å²) in [7, 11) is 0. The summed E-state index contributed by atoms with van der Waals surface area (Å²) < 4.78 is 0. The second-order valence-electron chi connectivity index (χ2n) is 3.51. The first-order valence-corrected chi connectivity index (χ1v) is 5.47. The summed E-state index contributed by atoms with van der Waals surface area (Å²) in [6.07, 6.45) is 9.63. The molecule has 3 heteroatoms. The second kappa shape index (κ2) is 3.66. The SMILES string of the molecule is ON=C1C2=CC=CCC2CCC1Br. The first-order chi connectivity index (χ1) is 6.33. The number of allylic oxidation sites excluding steroid dienone is 4. The van der Waals surface area contributed by atoms with Gasteiger partial charge < -0.3 is 5.21 Å². The minimum Gasteiger partial charge on any atom is -0.411 e. The van der Waals surface area contributed by atoms with Gasteiger partial charge in [0.05, 0.1) is 10.5 Å². The second-order valence-corrected chi connectivity index (χ2v) is 4.62. The highest BCUT2D eigenvalue weighted by molar-refractivity contribution is 9.10. The van der Waals surface area contributed by atoms with Gasteiger partial charge in [0, 0.05) is 0 Å². The molecule has 0 aromatic carbocycles. The number of oxime groups is 1. The highest BCUT2D eigenvalue weighted by Crippen LogP contribution is 2.35. The van der Waals surface area contributed by atoms with E-state index >= 15 is 0 Å². The van der Waals surface area contributed by atoms with Crippen LogP contribution in [-0.2, 0) is 0 Å². The summed E-state index contributed by atoms with van der Waals surface area (Å²) >= 11 is 3.52. The van der Waals surface area contributed by atoms with E-state index in [0.717, 1.165) is 18.6 Å². The number of nitrogens with zero attached hydrogens (tertiary/aromatic N) is 1. The molecule has 1 saturated carbocycles. The van der Waals surface area contributed by atoms with E-state index in [4.69, 9.17) is 5.21 Å². The molecule has 0 aromatic heterocycles. The lowest BCUT2D eigenvalue weighted by Crippen LogP contribution is -2.29. The Kier molecular flexibility index (Phi) is 2.54. The molecule has 0 amide bonds. The van der Waals surface area contributed by atoms with E-state index in [1.807, 2.05) is 6.08 Å². The molecule has 2 nitrogen and oxygen atoms in total. The molecule has 2 unspecified atom stereocenters. The van der Waals surface area contributed by atoms with Crippen molar-refractivity contribution in [2.24, 2.45) is 11.1 Å². The lowest BCUT2D eigenvalue weighted by Gasteiger charge is -2.30. The van der Waals surface area contributed by atoms with Gasteiger partial charge in [-0.1, -0.05) is 39.3 Å². The van der Waals surface area contributed by atoms with Crippen molar-refractivity contribution in [2.75, 3.05) is 0 Å². The summed E-state index contributed by atoms with van der Waals surface area (Å²) in [6.45, 7) is 0. The zero-order chi connectivity index (χ0) is 9.26. The van der Waals surface area contributed by atoms with Gasteiger partial charge in [0.2, 0.25) is 0 Å². The summed E-state index contributed by atoms with van der Waals surface area (Å²) in [5.74, 6) is 0.574. The van der Waals surface area contributed by atoms with E-state index in [1.165, 1.54) is 12.0 Å². The van der Waals surface area contributed by atoms with Crippen LogP contribution in [0.15, 0.2) is 29.0 Å². The average Bonchev–Trinajstić information content (AvgIpc) is 2.18. The van der Waals surface area contributed by atoms with Crippen LogP contribution in [0.3, 0.4) is 0 Å². The molecule has 0 radical (unpaired) electrons. The summed E-state index contributed by atoms with van der Waals surface area (Å²) in [5, 5.41) is 12.3. The zero-order valence-electron chi connectivity index (χ0n) is 7.28. The maximum absolute atomic E-state index is 8.89. The maximum atomic E-state index is 8.89. The van der Waals surface area contributed by atoms with E-state index in [0.29, 0.717) is 5.92 Å². The normalized spacial score (nSPS) is 35.8. The third-order valence-electron chi connectivity index (χ3n) is 2.74. The molecule has 0 saturated heterocycles. The molecular weight excluding hydrogens is 230 g/mol. The molecule has 2 aliphatic rings. The monoisotopic (exact) mass is 241 g/mol. The van der Waals surface area contributed by atoms with E-state index in [1.54, 1.807) is 0 Å². The van der Waals surface area contributed by atoms with Crippen molar-refractivity contribution >= 4 is 21.6 Å². The van der Waals surface area contributed by atoms with Gasteiger partial charge in [-0.15, -0.1) is 0 Å². The highest BCUT2D eigenvalue weighted by Gasteiger charge is 2.30. The lowest BCUT2D eigenvalue weighted by molar-refractivity contribution is 0.315. The minimum atomic E-state index is 0.228. The molecule has 13 heavy (non-hydrogen) atoms. The van der Waals surface area contributed by atoms with Gasteiger partial charge in [-0.05, 0) is 30.8 Å². The predicted octanol–water partition coefficient (Wildman–Crippen LogP) is 2.88. The molecular formula is C10H12BrNO. The number of hydrogen-bond acceptors (Lipinski definition) is 2. The fourth-order valence-corrected chi connectivity index (χ4v) is 2.65. The topological polar surface area (TPSA) is 32.6 Å². The van der Waals surface area contributed by atoms with Crippen molar-refractivity contribution in [3.8, 4) is 0 Å². The van der Waals surface area contributed by atoms with Crippen LogP contribution in [0.2, 0.25) is 0 Å². The van der Waals surface area contributed by atoms with Crippen molar-refractivity contribution in [2.45, 2.75) is 24.1 Å². The highest BCUT2D eigenvalue weighted by atomic mass is 79.9. The van der Waals surface area contributed by atoms with Crippen LogP contribution in [0.1, 0.15) is 19.3 Å². The van der Waals surface area contributed by atoms with Crippen molar-refractivity contribution in [3.63, 3.8) is 0 Å². The van der Waals surface area contributed by atoms with Crippen LogP contribution in [0, 0.1) is 5.92 Å². The number of hydrogen-bond donors (Lipinski definition) is 1. The van der Waals surface area contributed by atoms with E-state index in [9.17, 15) is 0 Å². The molecule has 70 valence electrons. The number of alkyl halides is 1. The number of rotatable bonds is 0. The van der Waals surface area contributed by atoms with E-state index in [-0.39, 0.29) is 4.83 Å². The number of fused-ring (bicyclic) bond motifs is 1. The van der Waals surface area contributed by atoms with Gasteiger partial charge in [-0.25, -0.2) is 0 Å². The van der Waals surface area contributed by atoms with Crippen LogP contribution in [0.25, 0.3) is 0 Å². The van der Waals surface area contributed by atoms with Crippen LogP contribution >= 0.6 is 15.9 Å². The minimum absolute atomic E-state index is 0.228. The molecule has 0 spiro atoms. The molecule has 1 fully saturated rings. The summed E-state index contributed by atoms with van der Waals surface area (Å²) in [4.78, 5) is 0.228. The molecule has 2 atom stereocenters. The fraction of sp³-hybridized carbons (Fsp3) is 0.500. The standard InChI is InChI=1S/C10H12BrNO/c11-9-6-5-7-3-1-2-4-8(7)10(9)12-13/h1-2,4,7,9,13H,3,5-6H2. The summed E-state index contributed by atoms with van der Waals surface area (Å²) in [5.41, 5.74) is 2.03. The van der Waals surface area contributed by atoms with E-state index < -0.39 is 0 Å². The Labute approximate surface area is 86.1 Å². The number of halogens is 1. The Bertz CT molecular complexity index is 293. The Morgan fingerprint density at radius 1 is 1.46 bits per heavy atom.